The van der Waals surface area contributed by atoms with Crippen LogP contribution in [0.5, 0.6) is 0 Å². The smallest absolute Gasteiger partial charge is 0.330 e. The molecule has 1 N–H and O–H groups in total. The largest absolute Gasteiger partial charge is 0.456 e. The highest BCUT2D eigenvalue weighted by molar-refractivity contribution is 5.81. The Labute approximate surface area is 109 Å². The average molecular weight is 252 g/mol. The van der Waals surface area contributed by atoms with Crippen LogP contribution >= 0.6 is 0 Å². The fourth-order valence-corrected chi connectivity index (χ4v) is 4.41. The van der Waals surface area contributed by atoms with Gasteiger partial charge in [-0.3, -0.25) is 0 Å². The fraction of sp³-hybridized carbons (Fsp3) is 0.800. The summed E-state index contributed by atoms with van der Waals surface area (Å²) in [4.78, 5) is 11.4. The van der Waals surface area contributed by atoms with Crippen molar-refractivity contribution in [3.8, 4) is 0 Å². The summed E-state index contributed by atoms with van der Waals surface area (Å²) in [5.74, 6) is 2.26. The van der Waals surface area contributed by atoms with Crippen LogP contribution in [0.15, 0.2) is 12.7 Å². The molecule has 18 heavy (non-hydrogen) atoms. The standard InChI is InChI=1S/C13H18O2.C2H6O/c1-2-12(14)15-13-6-9-3-10(7-13)5-11(4-9)8-13;1-2-3/h2,9-11H,1,3-8H2;3H,2H2,1H3. The molecular formula is C15H24O3. The summed E-state index contributed by atoms with van der Waals surface area (Å²) in [6, 6.07) is 0. The predicted octanol–water partition coefficient (Wildman–Crippen LogP) is 2.68. The van der Waals surface area contributed by atoms with Gasteiger partial charge in [-0.2, -0.15) is 0 Å². The van der Waals surface area contributed by atoms with E-state index in [4.69, 9.17) is 9.84 Å². The molecule has 3 heteroatoms. The summed E-state index contributed by atoms with van der Waals surface area (Å²) in [6.45, 7) is 5.41. The number of aliphatic hydroxyl groups is 1. The van der Waals surface area contributed by atoms with Crippen molar-refractivity contribution in [3.63, 3.8) is 0 Å². The van der Waals surface area contributed by atoms with E-state index >= 15 is 0 Å². The molecule has 0 amide bonds. The van der Waals surface area contributed by atoms with Crippen LogP contribution in [0, 0.1) is 17.8 Å². The van der Waals surface area contributed by atoms with E-state index in [1.54, 1.807) is 6.92 Å². The second-order valence-corrected chi connectivity index (χ2v) is 6.04. The number of aliphatic hydroxyl groups excluding tert-OH is 1. The minimum Gasteiger partial charge on any atom is -0.456 e. The fourth-order valence-electron chi connectivity index (χ4n) is 4.41. The zero-order valence-electron chi connectivity index (χ0n) is 11.2. The SMILES string of the molecule is C=CC(=O)OC12CC3CC(CC(C3)C1)C2.CCO. The van der Waals surface area contributed by atoms with E-state index in [1.807, 2.05) is 0 Å². The monoisotopic (exact) mass is 252 g/mol. The third kappa shape index (κ3) is 2.77. The third-order valence-corrected chi connectivity index (χ3v) is 4.47. The maximum Gasteiger partial charge on any atom is 0.330 e. The van der Waals surface area contributed by atoms with E-state index in [9.17, 15) is 4.79 Å². The van der Waals surface area contributed by atoms with Crippen molar-refractivity contribution in [1.82, 2.24) is 0 Å². The van der Waals surface area contributed by atoms with Crippen LogP contribution in [0.4, 0.5) is 0 Å². The summed E-state index contributed by atoms with van der Waals surface area (Å²) < 4.78 is 5.64. The molecule has 4 rings (SSSR count). The number of esters is 1. The van der Waals surface area contributed by atoms with Crippen molar-refractivity contribution >= 4 is 5.97 Å². The third-order valence-electron chi connectivity index (χ3n) is 4.47. The van der Waals surface area contributed by atoms with Crippen LogP contribution in [0.2, 0.25) is 0 Å². The van der Waals surface area contributed by atoms with E-state index in [1.165, 1.54) is 25.3 Å². The molecule has 4 fully saturated rings. The van der Waals surface area contributed by atoms with Gasteiger partial charge >= 0.3 is 5.97 Å². The molecule has 0 saturated heterocycles. The number of rotatable bonds is 2. The van der Waals surface area contributed by atoms with Crippen LogP contribution in [-0.4, -0.2) is 23.3 Å². The van der Waals surface area contributed by atoms with Gasteiger partial charge in [0.15, 0.2) is 0 Å². The van der Waals surface area contributed by atoms with Crippen molar-refractivity contribution in [3.05, 3.63) is 12.7 Å². The van der Waals surface area contributed by atoms with Crippen molar-refractivity contribution in [2.24, 2.45) is 17.8 Å². The zero-order valence-corrected chi connectivity index (χ0v) is 11.2. The number of carbonyl (C=O) groups is 1. The Hall–Kier alpha value is -0.830. The van der Waals surface area contributed by atoms with Crippen LogP contribution in [-0.2, 0) is 9.53 Å². The maximum absolute atomic E-state index is 11.4. The lowest BCUT2D eigenvalue weighted by Gasteiger charge is -2.55. The van der Waals surface area contributed by atoms with Gasteiger partial charge in [-0.1, -0.05) is 6.58 Å². The van der Waals surface area contributed by atoms with Gasteiger partial charge in [0.25, 0.3) is 0 Å². The minimum atomic E-state index is -0.225. The van der Waals surface area contributed by atoms with Crippen LogP contribution in [0.1, 0.15) is 45.4 Å². The van der Waals surface area contributed by atoms with E-state index in [-0.39, 0.29) is 18.2 Å². The van der Waals surface area contributed by atoms with E-state index in [0.717, 1.165) is 37.0 Å². The summed E-state index contributed by atoms with van der Waals surface area (Å²) >= 11 is 0. The molecule has 0 heterocycles. The van der Waals surface area contributed by atoms with Crippen LogP contribution < -0.4 is 0 Å². The zero-order chi connectivity index (χ0) is 13.2. The molecule has 4 saturated carbocycles. The molecule has 0 aromatic heterocycles. The van der Waals surface area contributed by atoms with Gasteiger partial charge in [0.05, 0.1) is 0 Å². The second-order valence-electron chi connectivity index (χ2n) is 6.04. The lowest BCUT2D eigenvalue weighted by molar-refractivity contribution is -0.181. The summed E-state index contributed by atoms with van der Waals surface area (Å²) in [5.41, 5.74) is -0.0972. The number of ether oxygens (including phenoxy) is 1. The first-order valence-electron chi connectivity index (χ1n) is 7.07. The Kier molecular flexibility index (Phi) is 4.10. The highest BCUT2D eigenvalue weighted by Gasteiger charge is 2.52. The van der Waals surface area contributed by atoms with Crippen molar-refractivity contribution in [1.29, 1.82) is 0 Å². The highest BCUT2D eigenvalue weighted by atomic mass is 16.6. The summed E-state index contributed by atoms with van der Waals surface area (Å²) in [6.07, 6.45) is 8.77. The molecule has 0 aliphatic heterocycles. The van der Waals surface area contributed by atoms with Crippen LogP contribution in [0.3, 0.4) is 0 Å². The molecule has 102 valence electrons. The van der Waals surface area contributed by atoms with Gasteiger partial charge in [0.1, 0.15) is 5.60 Å². The lowest BCUT2D eigenvalue weighted by Crippen LogP contribution is -2.52. The lowest BCUT2D eigenvalue weighted by atomic mass is 9.54. The van der Waals surface area contributed by atoms with E-state index in [2.05, 4.69) is 6.58 Å². The molecule has 0 atom stereocenters. The molecule has 0 aromatic rings. The molecular weight excluding hydrogens is 228 g/mol. The summed E-state index contributed by atoms with van der Waals surface area (Å²) in [5, 5.41) is 7.57. The molecule has 3 nitrogen and oxygen atoms in total. The van der Waals surface area contributed by atoms with Gasteiger partial charge in [-0.15, -0.1) is 0 Å². The normalized spacial score (nSPS) is 39.8. The Bertz CT molecular complexity index is 286. The summed E-state index contributed by atoms with van der Waals surface area (Å²) in [7, 11) is 0. The molecule has 0 radical (unpaired) electrons. The maximum atomic E-state index is 11.4. The minimum absolute atomic E-state index is 0.0972. The highest BCUT2D eigenvalue weighted by Crippen LogP contribution is 2.57. The van der Waals surface area contributed by atoms with Crippen molar-refractivity contribution < 1.29 is 14.6 Å². The average Bonchev–Trinajstić information content (AvgIpc) is 2.27. The topological polar surface area (TPSA) is 46.5 Å². The van der Waals surface area contributed by atoms with Crippen molar-refractivity contribution in [2.75, 3.05) is 6.61 Å². The molecule has 0 aromatic carbocycles. The van der Waals surface area contributed by atoms with Gasteiger partial charge in [0, 0.05) is 12.7 Å². The van der Waals surface area contributed by atoms with E-state index < -0.39 is 0 Å². The Balaban J connectivity index is 0.000000367. The van der Waals surface area contributed by atoms with Gasteiger partial charge in [-0.25, -0.2) is 4.79 Å². The van der Waals surface area contributed by atoms with Gasteiger partial charge in [-0.05, 0) is 63.2 Å². The first kappa shape index (κ1) is 13.6. The number of hydrogen-bond acceptors (Lipinski definition) is 3. The van der Waals surface area contributed by atoms with Crippen molar-refractivity contribution in [2.45, 2.75) is 51.0 Å². The Morgan fingerprint density at radius 2 is 1.67 bits per heavy atom. The Morgan fingerprint density at radius 3 is 2.00 bits per heavy atom. The number of carbonyl (C=O) groups excluding carboxylic acids is 1. The molecule has 0 spiro atoms. The first-order chi connectivity index (χ1) is 8.60. The van der Waals surface area contributed by atoms with Gasteiger partial charge < -0.3 is 9.84 Å². The predicted molar refractivity (Wildman–Crippen MR) is 70.0 cm³/mol. The second kappa shape index (κ2) is 5.43. The first-order valence-corrected chi connectivity index (χ1v) is 7.07. The Morgan fingerprint density at radius 1 is 1.28 bits per heavy atom. The molecule has 4 bridgehead atoms. The molecule has 4 aliphatic rings. The van der Waals surface area contributed by atoms with Gasteiger partial charge in [0.2, 0.25) is 0 Å². The quantitative estimate of drug-likeness (QED) is 0.607. The number of hydrogen-bond donors (Lipinski definition) is 1. The van der Waals surface area contributed by atoms with E-state index in [0.29, 0.717) is 0 Å². The molecule has 0 unspecified atom stereocenters. The molecule has 4 aliphatic carbocycles. The van der Waals surface area contributed by atoms with Crippen LogP contribution in [0.25, 0.3) is 0 Å².